The molecule has 0 unspecified atom stereocenters. The van der Waals surface area contributed by atoms with Crippen LogP contribution < -0.4 is 9.80 Å². The minimum Gasteiger partial charge on any atom is -0.455 e. The number of hydrogen-bond donors (Lipinski definition) is 0. The zero-order chi connectivity index (χ0) is 48.0. The summed E-state index contributed by atoms with van der Waals surface area (Å²) in [6.07, 6.45) is 0. The Bertz CT molecular complexity index is 4640. The summed E-state index contributed by atoms with van der Waals surface area (Å²) in [6.45, 7) is 0. The third-order valence-corrected chi connectivity index (χ3v) is 14.6. The SMILES string of the molecule is c1ccc(-c2ccccc2N(c2ccc3c(c2)oc2c4ccc(N(c5ccccc5-c5ccccc5)c5cccc6c5oc5ccccc56)cc4c4ccccc4c32)c2cccc3c2oc2ccccc23)cc1. The van der Waals surface area contributed by atoms with Crippen LogP contribution in [-0.2, 0) is 0 Å². The molecule has 0 N–H and O–H groups in total. The van der Waals surface area contributed by atoms with E-state index in [0.29, 0.717) is 0 Å². The molecule has 15 aromatic rings. The van der Waals surface area contributed by atoms with Crippen molar-refractivity contribution in [3.8, 4) is 22.3 Å². The molecule has 0 aliphatic carbocycles. The summed E-state index contributed by atoms with van der Waals surface area (Å²) in [5, 5.41) is 10.8. The average Bonchev–Trinajstić information content (AvgIpc) is 4.18. The second-order valence-electron chi connectivity index (χ2n) is 18.7. The van der Waals surface area contributed by atoms with E-state index in [1.54, 1.807) is 0 Å². The number of rotatable bonds is 8. The second kappa shape index (κ2) is 16.4. The van der Waals surface area contributed by atoms with E-state index >= 15 is 0 Å². The van der Waals surface area contributed by atoms with E-state index in [4.69, 9.17) is 13.3 Å². The maximum absolute atomic E-state index is 7.25. The van der Waals surface area contributed by atoms with Crippen LogP contribution >= 0.6 is 0 Å². The normalized spacial score (nSPS) is 11.8. The lowest BCUT2D eigenvalue weighted by molar-refractivity contribution is 0.668. The molecule has 342 valence electrons. The maximum Gasteiger partial charge on any atom is 0.159 e. The first-order chi connectivity index (χ1) is 36.2. The Kier molecular flexibility index (Phi) is 9.19. The van der Waals surface area contributed by atoms with Gasteiger partial charge in [-0.3, -0.25) is 0 Å². The molecule has 0 fully saturated rings. The van der Waals surface area contributed by atoms with E-state index in [1.807, 2.05) is 24.3 Å². The van der Waals surface area contributed by atoms with Gasteiger partial charge in [-0.05, 0) is 94.0 Å². The molecule has 0 aliphatic rings. The summed E-state index contributed by atoms with van der Waals surface area (Å²) >= 11 is 0. The van der Waals surface area contributed by atoms with Gasteiger partial charge in [-0.15, -0.1) is 0 Å². The summed E-state index contributed by atoms with van der Waals surface area (Å²) in [4.78, 5) is 4.69. The van der Waals surface area contributed by atoms with E-state index in [9.17, 15) is 0 Å². The van der Waals surface area contributed by atoms with Crippen LogP contribution in [0.2, 0.25) is 0 Å². The van der Waals surface area contributed by atoms with Crippen molar-refractivity contribution < 1.29 is 13.3 Å². The number of furan rings is 3. The smallest absolute Gasteiger partial charge is 0.159 e. The Morgan fingerprint density at radius 3 is 1.22 bits per heavy atom. The number of nitrogens with zero attached hydrogens (tertiary/aromatic N) is 2. The van der Waals surface area contributed by atoms with Crippen LogP contribution in [0.15, 0.2) is 268 Å². The lowest BCUT2D eigenvalue weighted by Crippen LogP contribution is -2.11. The molecule has 0 radical (unpaired) electrons. The number of para-hydroxylation sites is 6. The van der Waals surface area contributed by atoms with Gasteiger partial charge in [0.25, 0.3) is 0 Å². The fraction of sp³-hybridized carbons (Fsp3) is 0. The fourth-order valence-electron chi connectivity index (χ4n) is 11.4. The molecule has 0 spiro atoms. The summed E-state index contributed by atoms with van der Waals surface area (Å²) in [6, 6.07) is 90.1. The van der Waals surface area contributed by atoms with Gasteiger partial charge < -0.3 is 23.1 Å². The predicted molar refractivity (Wildman–Crippen MR) is 304 cm³/mol. The quantitative estimate of drug-likeness (QED) is 0.142. The van der Waals surface area contributed by atoms with Crippen LogP contribution in [0.5, 0.6) is 0 Å². The minimum atomic E-state index is 0.795. The van der Waals surface area contributed by atoms with Crippen molar-refractivity contribution in [1.82, 2.24) is 0 Å². The van der Waals surface area contributed by atoms with E-state index in [0.717, 1.165) is 144 Å². The number of fused-ring (bicyclic) bond motifs is 14. The highest BCUT2D eigenvalue weighted by Crippen LogP contribution is 2.50. The van der Waals surface area contributed by atoms with Gasteiger partial charge in [0.1, 0.15) is 22.3 Å². The molecule has 3 heterocycles. The van der Waals surface area contributed by atoms with Crippen LogP contribution in [0.4, 0.5) is 34.1 Å². The predicted octanol–water partition coefficient (Wildman–Crippen LogP) is 20.0. The van der Waals surface area contributed by atoms with Gasteiger partial charge in [0, 0.05) is 60.6 Å². The summed E-state index contributed by atoms with van der Waals surface area (Å²) in [5.41, 5.74) is 15.4. The van der Waals surface area contributed by atoms with E-state index in [1.165, 1.54) is 0 Å². The molecular formula is C68H42N2O3. The average molecular weight is 935 g/mol. The highest BCUT2D eigenvalue weighted by molar-refractivity contribution is 6.31. The number of anilines is 6. The van der Waals surface area contributed by atoms with Gasteiger partial charge in [-0.25, -0.2) is 0 Å². The third kappa shape index (κ3) is 6.42. The zero-order valence-electron chi connectivity index (χ0n) is 39.4. The van der Waals surface area contributed by atoms with Gasteiger partial charge in [0.15, 0.2) is 11.2 Å². The fourth-order valence-corrected chi connectivity index (χ4v) is 11.4. The van der Waals surface area contributed by atoms with Crippen molar-refractivity contribution in [2.24, 2.45) is 0 Å². The van der Waals surface area contributed by atoms with Gasteiger partial charge in [-0.2, -0.15) is 0 Å². The molecule has 0 saturated heterocycles. The molecule has 5 nitrogen and oxygen atoms in total. The van der Waals surface area contributed by atoms with E-state index in [-0.39, 0.29) is 0 Å². The third-order valence-electron chi connectivity index (χ3n) is 14.6. The molecular weight excluding hydrogens is 893 g/mol. The number of hydrogen-bond acceptors (Lipinski definition) is 5. The first-order valence-electron chi connectivity index (χ1n) is 24.7. The van der Waals surface area contributed by atoms with Gasteiger partial charge in [0.2, 0.25) is 0 Å². The minimum absolute atomic E-state index is 0.795. The summed E-state index contributed by atoms with van der Waals surface area (Å²) in [5.74, 6) is 0. The van der Waals surface area contributed by atoms with Crippen LogP contribution in [0.1, 0.15) is 0 Å². The van der Waals surface area contributed by atoms with Crippen LogP contribution in [0.25, 0.3) is 110 Å². The maximum atomic E-state index is 7.25. The molecule has 0 saturated carbocycles. The molecule has 5 heteroatoms. The molecule has 0 atom stereocenters. The molecule has 0 bridgehead atoms. The van der Waals surface area contributed by atoms with Crippen molar-refractivity contribution in [3.63, 3.8) is 0 Å². The zero-order valence-corrected chi connectivity index (χ0v) is 39.4. The Morgan fingerprint density at radius 1 is 0.233 bits per heavy atom. The molecule has 15 rings (SSSR count). The van der Waals surface area contributed by atoms with Crippen molar-refractivity contribution in [2.75, 3.05) is 9.80 Å². The highest BCUT2D eigenvalue weighted by atomic mass is 16.3. The van der Waals surface area contributed by atoms with Crippen molar-refractivity contribution >= 4 is 121 Å². The first-order valence-corrected chi connectivity index (χ1v) is 24.7. The number of benzene rings is 12. The summed E-state index contributed by atoms with van der Waals surface area (Å²) < 4.78 is 20.8. The van der Waals surface area contributed by atoms with Crippen LogP contribution in [-0.4, -0.2) is 0 Å². The molecule has 3 aromatic heterocycles. The van der Waals surface area contributed by atoms with Gasteiger partial charge >= 0.3 is 0 Å². The first kappa shape index (κ1) is 41.0. The Balaban J connectivity index is 0.961. The lowest BCUT2D eigenvalue weighted by atomic mass is 9.95. The Hall–Kier alpha value is -9.84. The summed E-state index contributed by atoms with van der Waals surface area (Å²) in [7, 11) is 0. The lowest BCUT2D eigenvalue weighted by Gasteiger charge is -2.28. The standard InChI is InChI=1S/C68H42N2O3/c1-3-19-43(20-4-1)47-23-9-13-31-58(47)69(60-33-17-29-53-50-26-11-15-35-62(50)71-66(53)60)45-37-39-55-57(41-45)49-25-7-8-28-52(49)65-56-40-38-46(42-64(56)73-68(55)65)70(59-32-14-10-24-48(59)44-21-5-2-6-22-44)61-34-18-30-54-51-27-12-16-36-63(51)72-67(54)61/h1-42H. The van der Waals surface area contributed by atoms with Crippen LogP contribution in [0, 0.1) is 0 Å². The Labute approximate surface area is 419 Å². The van der Waals surface area contributed by atoms with Crippen molar-refractivity contribution in [3.05, 3.63) is 255 Å². The van der Waals surface area contributed by atoms with Gasteiger partial charge in [0.05, 0.1) is 28.4 Å². The highest BCUT2D eigenvalue weighted by Gasteiger charge is 2.26. The topological polar surface area (TPSA) is 45.9 Å². The van der Waals surface area contributed by atoms with Crippen LogP contribution in [0.3, 0.4) is 0 Å². The molecule has 0 aliphatic heterocycles. The van der Waals surface area contributed by atoms with Gasteiger partial charge in [-0.1, -0.05) is 182 Å². The Morgan fingerprint density at radius 2 is 0.644 bits per heavy atom. The molecule has 12 aromatic carbocycles. The van der Waals surface area contributed by atoms with Crippen molar-refractivity contribution in [2.45, 2.75) is 0 Å². The van der Waals surface area contributed by atoms with Crippen molar-refractivity contribution in [1.29, 1.82) is 0 Å². The largest absolute Gasteiger partial charge is 0.455 e. The monoisotopic (exact) mass is 934 g/mol. The van der Waals surface area contributed by atoms with E-state index in [2.05, 4.69) is 240 Å². The second-order valence-corrected chi connectivity index (χ2v) is 18.7. The molecule has 73 heavy (non-hydrogen) atoms. The molecule has 0 amide bonds. The van der Waals surface area contributed by atoms with E-state index < -0.39 is 0 Å².